The van der Waals surface area contributed by atoms with Crippen LogP contribution in [0.1, 0.15) is 29.3 Å². The average molecular weight is 486 g/mol. The molecule has 0 saturated carbocycles. The Morgan fingerprint density at radius 3 is 2.45 bits per heavy atom. The van der Waals surface area contributed by atoms with Crippen molar-refractivity contribution in [2.75, 3.05) is 22.8 Å². The second-order valence-corrected chi connectivity index (χ2v) is 8.65. The summed E-state index contributed by atoms with van der Waals surface area (Å²) in [6.45, 7) is 8.90. The van der Waals surface area contributed by atoms with Crippen molar-refractivity contribution in [1.29, 1.82) is 0 Å². The Hall–Kier alpha value is -3.41. The first kappa shape index (κ1) is 25.8. The maximum atomic E-state index is 14.4. The van der Waals surface area contributed by atoms with Gasteiger partial charge in [0.1, 0.15) is 17.3 Å². The number of carbonyl (C=O) groups excluding carboxylic acids is 1. The van der Waals surface area contributed by atoms with Crippen molar-refractivity contribution >= 4 is 39.1 Å². The molecule has 33 heavy (non-hydrogen) atoms. The van der Waals surface area contributed by atoms with Crippen molar-refractivity contribution < 1.29 is 30.8 Å². The molecule has 0 fully saturated rings. The maximum Gasteiger partial charge on any atom is 0.433 e. The van der Waals surface area contributed by atoms with E-state index in [9.17, 15) is 30.8 Å². The first-order valence-electron chi connectivity index (χ1n) is 9.49. The summed E-state index contributed by atoms with van der Waals surface area (Å²) in [5, 5.41) is 5.18. The summed E-state index contributed by atoms with van der Waals surface area (Å²) < 4.78 is 78.2. The van der Waals surface area contributed by atoms with E-state index in [0.29, 0.717) is 5.56 Å². The second-order valence-electron chi connectivity index (χ2n) is 6.90. The van der Waals surface area contributed by atoms with Crippen LogP contribution in [0.2, 0.25) is 0 Å². The van der Waals surface area contributed by atoms with Crippen LogP contribution in [0.15, 0.2) is 37.4 Å². The van der Waals surface area contributed by atoms with Crippen LogP contribution < -0.4 is 15.4 Å². The van der Waals surface area contributed by atoms with E-state index in [1.54, 1.807) is 6.92 Å². The van der Waals surface area contributed by atoms with Gasteiger partial charge in [-0.2, -0.15) is 13.2 Å². The van der Waals surface area contributed by atoms with Gasteiger partial charge in [-0.15, -0.1) is 0 Å². The van der Waals surface area contributed by atoms with E-state index < -0.39 is 33.6 Å². The van der Waals surface area contributed by atoms with Crippen LogP contribution in [0.4, 0.5) is 29.1 Å². The number of halogens is 4. The fourth-order valence-electron chi connectivity index (χ4n) is 2.82. The number of pyridine rings is 1. The number of amides is 1. The van der Waals surface area contributed by atoms with Gasteiger partial charge in [0, 0.05) is 29.8 Å². The number of sulfonamides is 1. The highest BCUT2D eigenvalue weighted by Gasteiger charge is 2.33. The quantitative estimate of drug-likeness (QED) is 0.367. The molecule has 1 heterocycles. The van der Waals surface area contributed by atoms with Crippen LogP contribution in [-0.2, 0) is 27.5 Å². The van der Waals surface area contributed by atoms with Gasteiger partial charge in [-0.3, -0.25) is 9.52 Å². The highest BCUT2D eigenvalue weighted by Crippen LogP contribution is 2.31. The number of alkyl halides is 3. The molecule has 0 unspecified atom stereocenters. The van der Waals surface area contributed by atoms with E-state index in [2.05, 4.69) is 33.5 Å². The third kappa shape index (κ3) is 6.78. The molecule has 7 nitrogen and oxygen atoms in total. The number of rotatable bonds is 9. The maximum absolute atomic E-state index is 14.4. The molecule has 0 bridgehead atoms. The van der Waals surface area contributed by atoms with Gasteiger partial charge < -0.3 is 10.6 Å². The summed E-state index contributed by atoms with van der Waals surface area (Å²) in [7, 11) is -3.74. The molecule has 0 aliphatic heterocycles. The van der Waals surface area contributed by atoms with Crippen molar-refractivity contribution in [2.45, 2.75) is 19.6 Å². The molecular formula is C21H22F4N4O3S. The van der Waals surface area contributed by atoms with Crippen molar-refractivity contribution in [3.8, 4) is 0 Å². The van der Waals surface area contributed by atoms with Gasteiger partial charge in [-0.1, -0.05) is 19.2 Å². The van der Waals surface area contributed by atoms with E-state index in [0.717, 1.165) is 24.5 Å². The Balaban J connectivity index is 2.23. The molecule has 2 aromatic rings. The van der Waals surface area contributed by atoms with Crippen molar-refractivity contribution in [2.24, 2.45) is 0 Å². The zero-order valence-electron chi connectivity index (χ0n) is 17.8. The highest BCUT2D eigenvalue weighted by molar-refractivity contribution is 7.92. The van der Waals surface area contributed by atoms with Crippen LogP contribution in [0.25, 0.3) is 11.6 Å². The molecule has 1 aromatic carbocycles. The van der Waals surface area contributed by atoms with Gasteiger partial charge in [0.2, 0.25) is 10.0 Å². The molecule has 12 heteroatoms. The molecule has 2 rings (SSSR count). The number of nitrogens with one attached hydrogen (secondary N) is 3. The molecule has 0 spiro atoms. The molecular weight excluding hydrogens is 464 g/mol. The zero-order valence-corrected chi connectivity index (χ0v) is 18.6. The summed E-state index contributed by atoms with van der Waals surface area (Å²) >= 11 is 0. The molecule has 0 saturated heterocycles. The Kier molecular flexibility index (Phi) is 7.85. The van der Waals surface area contributed by atoms with Crippen LogP contribution in [0, 0.1) is 5.82 Å². The number of aromatic nitrogens is 1. The first-order chi connectivity index (χ1) is 15.3. The number of anilines is 2. The standard InChI is InChI=1S/C21H22F4N4O3S/c1-5-14-9-13(10-16(22)18(14)29-33(4,31)32)11-27-20(30)12(3)15-7-8-17(21(23,24)25)28-19(15)26-6-2/h5,7-10,29H,1,3,6,11H2,2,4H3,(H,26,28)(H,27,30). The fourth-order valence-corrected chi connectivity index (χ4v) is 3.40. The van der Waals surface area contributed by atoms with Gasteiger partial charge >= 0.3 is 6.18 Å². The van der Waals surface area contributed by atoms with E-state index in [1.807, 2.05) is 0 Å². The monoisotopic (exact) mass is 486 g/mol. The largest absolute Gasteiger partial charge is 0.433 e. The molecule has 1 amide bonds. The number of benzene rings is 1. The van der Waals surface area contributed by atoms with Gasteiger partial charge in [0.25, 0.3) is 5.91 Å². The molecule has 3 N–H and O–H groups in total. The van der Waals surface area contributed by atoms with Crippen LogP contribution in [0.5, 0.6) is 0 Å². The minimum absolute atomic E-state index is 0.0769. The summed E-state index contributed by atoms with van der Waals surface area (Å²) in [4.78, 5) is 16.1. The SMILES string of the molecule is C=Cc1cc(CNC(=O)C(=C)c2ccc(C(F)(F)F)nc2NCC)cc(F)c1NS(C)(=O)=O. The predicted octanol–water partition coefficient (Wildman–Crippen LogP) is 4.02. The van der Waals surface area contributed by atoms with Gasteiger partial charge in [-0.05, 0) is 36.8 Å². The summed E-state index contributed by atoms with van der Waals surface area (Å²) in [6.07, 6.45) is -2.54. The highest BCUT2D eigenvalue weighted by atomic mass is 32.2. The van der Waals surface area contributed by atoms with Crippen molar-refractivity contribution in [3.63, 3.8) is 0 Å². The summed E-state index contributed by atoms with van der Waals surface area (Å²) in [5.74, 6) is -1.74. The Morgan fingerprint density at radius 1 is 1.24 bits per heavy atom. The van der Waals surface area contributed by atoms with E-state index in [1.165, 1.54) is 12.1 Å². The molecule has 0 aliphatic carbocycles. The zero-order chi connectivity index (χ0) is 25.0. The van der Waals surface area contributed by atoms with Gasteiger partial charge in [0.15, 0.2) is 0 Å². The van der Waals surface area contributed by atoms with Gasteiger partial charge in [0.05, 0.1) is 11.9 Å². The number of carbonyl (C=O) groups is 1. The lowest BCUT2D eigenvalue weighted by molar-refractivity contribution is -0.141. The number of nitrogens with zero attached hydrogens (tertiary/aromatic N) is 1. The third-order valence-electron chi connectivity index (χ3n) is 4.27. The minimum Gasteiger partial charge on any atom is -0.370 e. The first-order valence-corrected chi connectivity index (χ1v) is 11.4. The number of hydrogen-bond donors (Lipinski definition) is 3. The molecule has 0 radical (unpaired) electrons. The van der Waals surface area contributed by atoms with Crippen LogP contribution >= 0.6 is 0 Å². The Bertz CT molecular complexity index is 1190. The second kappa shape index (κ2) is 10.0. The summed E-state index contributed by atoms with van der Waals surface area (Å²) in [6, 6.07) is 4.30. The van der Waals surface area contributed by atoms with E-state index in [4.69, 9.17) is 0 Å². The van der Waals surface area contributed by atoms with Crippen LogP contribution in [0.3, 0.4) is 0 Å². The fraction of sp³-hybridized carbons (Fsp3) is 0.238. The lowest BCUT2D eigenvalue weighted by Crippen LogP contribution is -2.24. The predicted molar refractivity (Wildman–Crippen MR) is 119 cm³/mol. The lowest BCUT2D eigenvalue weighted by atomic mass is 10.1. The van der Waals surface area contributed by atoms with E-state index >= 15 is 0 Å². The third-order valence-corrected chi connectivity index (χ3v) is 4.84. The molecule has 0 atom stereocenters. The normalized spacial score (nSPS) is 11.6. The molecule has 1 aromatic heterocycles. The van der Waals surface area contributed by atoms with Crippen molar-refractivity contribution in [1.82, 2.24) is 10.3 Å². The lowest BCUT2D eigenvalue weighted by Gasteiger charge is -2.15. The van der Waals surface area contributed by atoms with Gasteiger partial charge in [-0.25, -0.2) is 17.8 Å². The number of hydrogen-bond acceptors (Lipinski definition) is 5. The summed E-state index contributed by atoms with van der Waals surface area (Å²) in [5.41, 5.74) is -1.02. The van der Waals surface area contributed by atoms with E-state index in [-0.39, 0.29) is 41.3 Å². The Morgan fingerprint density at radius 2 is 1.91 bits per heavy atom. The molecule has 178 valence electrons. The Labute approximate surface area is 188 Å². The van der Waals surface area contributed by atoms with Crippen molar-refractivity contribution in [3.05, 3.63) is 65.6 Å². The smallest absolute Gasteiger partial charge is 0.370 e. The van der Waals surface area contributed by atoms with Crippen LogP contribution in [-0.4, -0.2) is 32.1 Å². The topological polar surface area (TPSA) is 100 Å². The average Bonchev–Trinajstić information content (AvgIpc) is 2.71. The minimum atomic E-state index is -4.66. The molecule has 0 aliphatic rings.